The SMILES string of the molecule is NCC(=O)O.O=P(O)(O)C(O)(Cc1cccnc1)P(=O)(O)O. The highest BCUT2D eigenvalue weighted by molar-refractivity contribution is 7.72. The Morgan fingerprint density at radius 1 is 1.23 bits per heavy atom. The largest absolute Gasteiger partial charge is 0.480 e. The molecule has 0 amide bonds. The molecule has 13 heteroatoms. The van der Waals surface area contributed by atoms with Crippen molar-refractivity contribution in [2.24, 2.45) is 5.73 Å². The van der Waals surface area contributed by atoms with E-state index in [4.69, 9.17) is 24.7 Å². The molecule has 0 atom stereocenters. The van der Waals surface area contributed by atoms with Crippen LogP contribution in [0.4, 0.5) is 0 Å². The maximum absolute atomic E-state index is 11.0. The van der Waals surface area contributed by atoms with Gasteiger partial charge in [-0.2, -0.15) is 0 Å². The monoisotopic (exact) mass is 358 g/mol. The first-order valence-corrected chi connectivity index (χ1v) is 8.72. The first-order valence-electron chi connectivity index (χ1n) is 5.49. The van der Waals surface area contributed by atoms with Gasteiger partial charge < -0.3 is 35.5 Å². The second-order valence-corrected chi connectivity index (χ2v) is 8.01. The van der Waals surface area contributed by atoms with Crippen LogP contribution in [-0.4, -0.2) is 52.4 Å². The van der Waals surface area contributed by atoms with E-state index in [1.54, 1.807) is 0 Å². The van der Waals surface area contributed by atoms with Crippen LogP contribution in [0.2, 0.25) is 0 Å². The summed E-state index contributed by atoms with van der Waals surface area (Å²) in [6.45, 7) is -0.278. The molecule has 0 aliphatic heterocycles. The first-order chi connectivity index (χ1) is 9.85. The van der Waals surface area contributed by atoms with Gasteiger partial charge in [0.05, 0.1) is 6.54 Å². The third-order valence-electron chi connectivity index (χ3n) is 2.27. The molecule has 0 aliphatic carbocycles. The molecule has 22 heavy (non-hydrogen) atoms. The number of aliphatic carboxylic acids is 1. The van der Waals surface area contributed by atoms with Gasteiger partial charge in [0.2, 0.25) is 0 Å². The van der Waals surface area contributed by atoms with Crippen LogP contribution >= 0.6 is 15.2 Å². The summed E-state index contributed by atoms with van der Waals surface area (Å²) in [5.41, 5.74) is 4.67. The highest BCUT2D eigenvalue weighted by Crippen LogP contribution is 2.68. The lowest BCUT2D eigenvalue weighted by Crippen LogP contribution is -2.31. The summed E-state index contributed by atoms with van der Waals surface area (Å²) in [5.74, 6) is -0.968. The molecule has 0 saturated carbocycles. The third kappa shape index (κ3) is 5.91. The molecule has 1 heterocycles. The van der Waals surface area contributed by atoms with Gasteiger partial charge >= 0.3 is 21.2 Å². The summed E-state index contributed by atoms with van der Waals surface area (Å²) < 4.78 is 22.1. The Kier molecular flexibility index (Phi) is 7.49. The van der Waals surface area contributed by atoms with E-state index in [0.717, 1.165) is 6.20 Å². The number of rotatable bonds is 5. The van der Waals surface area contributed by atoms with Gasteiger partial charge in [0.25, 0.3) is 5.08 Å². The second-order valence-electron chi connectivity index (χ2n) is 4.00. The summed E-state index contributed by atoms with van der Waals surface area (Å²) in [6, 6.07) is 2.75. The number of aliphatic hydroxyl groups is 1. The van der Waals surface area contributed by atoms with Gasteiger partial charge in [-0.3, -0.25) is 18.9 Å². The van der Waals surface area contributed by atoms with Crippen LogP contribution < -0.4 is 5.73 Å². The van der Waals surface area contributed by atoms with E-state index in [-0.39, 0.29) is 12.1 Å². The molecule has 0 unspecified atom stereocenters. The predicted octanol–water partition coefficient (Wildman–Crippen LogP) is -1.34. The zero-order chi connectivity index (χ0) is 17.6. The molecular formula is C9H16N2O9P2. The van der Waals surface area contributed by atoms with Crippen LogP contribution in [0.15, 0.2) is 24.5 Å². The maximum Gasteiger partial charge on any atom is 0.369 e. The summed E-state index contributed by atoms with van der Waals surface area (Å²) in [4.78, 5) is 48.4. The fourth-order valence-corrected chi connectivity index (χ4v) is 3.29. The smallest absolute Gasteiger partial charge is 0.369 e. The minimum absolute atomic E-state index is 0.0988. The average Bonchev–Trinajstić information content (AvgIpc) is 2.38. The summed E-state index contributed by atoms with van der Waals surface area (Å²) in [6.07, 6.45) is 1.63. The highest BCUT2D eigenvalue weighted by Gasteiger charge is 2.59. The Labute approximate surface area is 124 Å². The van der Waals surface area contributed by atoms with Gasteiger partial charge in [-0.15, -0.1) is 0 Å². The number of nitrogens with two attached hydrogens (primary N) is 1. The first kappa shape index (κ1) is 20.8. The standard InChI is InChI=1S/C7H11NO7P2.C2H5NO2/c9-7(16(10,11)12,17(13,14)15)4-6-2-1-3-8-5-6;3-1-2(4)5/h1-3,5,9H,4H2,(H2,10,11,12)(H2,13,14,15);1,3H2,(H,4,5). The quantitative estimate of drug-likeness (QED) is 0.306. The van der Waals surface area contributed by atoms with Gasteiger partial charge in [-0.05, 0) is 11.6 Å². The van der Waals surface area contributed by atoms with Crippen LogP contribution in [0.3, 0.4) is 0 Å². The van der Waals surface area contributed by atoms with Gasteiger partial charge in [-0.25, -0.2) is 0 Å². The summed E-state index contributed by atoms with van der Waals surface area (Å²) >= 11 is 0. The van der Waals surface area contributed by atoms with E-state index >= 15 is 0 Å². The number of hydrogen-bond donors (Lipinski definition) is 7. The molecule has 0 aliphatic rings. The van der Waals surface area contributed by atoms with E-state index < -0.39 is 32.7 Å². The van der Waals surface area contributed by atoms with Crippen molar-refractivity contribution in [2.45, 2.75) is 11.5 Å². The molecule has 1 aromatic rings. The molecule has 11 nitrogen and oxygen atoms in total. The Morgan fingerprint density at radius 2 is 1.68 bits per heavy atom. The molecule has 0 bridgehead atoms. The average molecular weight is 358 g/mol. The van der Waals surface area contributed by atoms with Crippen molar-refractivity contribution in [1.82, 2.24) is 4.98 Å². The number of carboxylic acid groups (broad SMARTS) is 1. The van der Waals surface area contributed by atoms with Crippen LogP contribution in [0, 0.1) is 0 Å². The second kappa shape index (κ2) is 7.91. The molecule has 8 N–H and O–H groups in total. The molecule has 0 spiro atoms. The lowest BCUT2D eigenvalue weighted by molar-refractivity contribution is -0.135. The fourth-order valence-electron chi connectivity index (χ4n) is 1.15. The van der Waals surface area contributed by atoms with Crippen molar-refractivity contribution in [1.29, 1.82) is 0 Å². The number of carboxylic acids is 1. The molecule has 1 aromatic heterocycles. The Morgan fingerprint density at radius 3 is 1.95 bits per heavy atom. The number of pyridine rings is 1. The van der Waals surface area contributed by atoms with Crippen molar-refractivity contribution < 1.29 is 43.7 Å². The lowest BCUT2D eigenvalue weighted by atomic mass is 10.2. The molecule has 0 aromatic carbocycles. The van der Waals surface area contributed by atoms with Crippen molar-refractivity contribution >= 4 is 21.2 Å². The zero-order valence-electron chi connectivity index (χ0n) is 11.1. The van der Waals surface area contributed by atoms with Gasteiger partial charge in [0.15, 0.2) is 0 Å². The van der Waals surface area contributed by atoms with Gasteiger partial charge in [0.1, 0.15) is 0 Å². The van der Waals surface area contributed by atoms with Gasteiger partial charge in [-0.1, -0.05) is 6.07 Å². The molecule has 0 saturated heterocycles. The minimum atomic E-state index is -5.41. The van der Waals surface area contributed by atoms with Crippen molar-refractivity contribution in [3.63, 3.8) is 0 Å². The maximum atomic E-state index is 11.0. The normalized spacial score (nSPS) is 12.3. The van der Waals surface area contributed by atoms with Gasteiger partial charge in [0, 0.05) is 18.8 Å². The summed E-state index contributed by atoms with van der Waals surface area (Å²) in [5, 5.41) is 13.8. The topological polar surface area (TPSA) is 212 Å². The molecule has 0 radical (unpaired) electrons. The van der Waals surface area contributed by atoms with E-state index in [9.17, 15) is 19.0 Å². The van der Waals surface area contributed by atoms with E-state index in [1.807, 2.05) is 0 Å². The van der Waals surface area contributed by atoms with Crippen molar-refractivity contribution in [3.05, 3.63) is 30.1 Å². The van der Waals surface area contributed by atoms with E-state index in [1.165, 1.54) is 18.3 Å². The Balaban J connectivity index is 0.000000763. The van der Waals surface area contributed by atoms with Crippen LogP contribution in [0.25, 0.3) is 0 Å². The predicted molar refractivity (Wildman–Crippen MR) is 73.7 cm³/mol. The number of nitrogens with zero attached hydrogens (tertiary/aromatic N) is 1. The van der Waals surface area contributed by atoms with E-state index in [2.05, 4.69) is 10.7 Å². The number of carbonyl (C=O) groups is 1. The molecule has 0 fully saturated rings. The Bertz CT molecular complexity index is 560. The Hall–Kier alpha value is -1.16. The van der Waals surface area contributed by atoms with Crippen LogP contribution in [-0.2, 0) is 20.3 Å². The molecule has 126 valence electrons. The van der Waals surface area contributed by atoms with Crippen molar-refractivity contribution in [2.75, 3.05) is 6.54 Å². The van der Waals surface area contributed by atoms with Crippen LogP contribution in [0.1, 0.15) is 5.56 Å². The lowest BCUT2D eigenvalue weighted by Gasteiger charge is -2.29. The zero-order valence-corrected chi connectivity index (χ0v) is 12.8. The number of hydrogen-bond acceptors (Lipinski definition) is 6. The highest BCUT2D eigenvalue weighted by atomic mass is 31.2. The summed E-state index contributed by atoms with van der Waals surface area (Å²) in [7, 11) is -10.8. The number of aromatic nitrogens is 1. The van der Waals surface area contributed by atoms with Crippen molar-refractivity contribution in [3.8, 4) is 0 Å². The van der Waals surface area contributed by atoms with Crippen LogP contribution in [0.5, 0.6) is 0 Å². The minimum Gasteiger partial charge on any atom is -0.480 e. The molecule has 1 rings (SSSR count). The van der Waals surface area contributed by atoms with E-state index in [0.29, 0.717) is 0 Å². The molecular weight excluding hydrogens is 342 g/mol. The fraction of sp³-hybridized carbons (Fsp3) is 0.333. The third-order valence-corrected chi connectivity index (χ3v) is 6.02.